The third kappa shape index (κ3) is 8.78. The molecule has 35 heavy (non-hydrogen) atoms. The summed E-state index contributed by atoms with van der Waals surface area (Å²) in [6.45, 7) is 7.66. The average molecular weight is 484 g/mol. The van der Waals surface area contributed by atoms with Crippen LogP contribution < -0.4 is 4.90 Å². The van der Waals surface area contributed by atoms with E-state index in [0.29, 0.717) is 0 Å². The minimum absolute atomic E-state index is 0.924. The highest BCUT2D eigenvalue weighted by Gasteiger charge is 2.13. The number of hydrogen-bond donors (Lipinski definition) is 1. The maximum Gasteiger partial charge on any atom is 0.0461 e. The Morgan fingerprint density at radius 2 is 0.857 bits per heavy atom. The number of hydrogen-bond acceptors (Lipinski definition) is 2. The topological polar surface area (TPSA) is 3.24 Å². The van der Waals surface area contributed by atoms with Crippen molar-refractivity contribution in [1.82, 2.24) is 0 Å². The highest BCUT2D eigenvalue weighted by Crippen LogP contribution is 2.35. The lowest BCUT2D eigenvalue weighted by atomic mass is 10.0. The molecule has 0 saturated carbocycles. The highest BCUT2D eigenvalue weighted by molar-refractivity contribution is 7.80. The van der Waals surface area contributed by atoms with Gasteiger partial charge in [0.25, 0.3) is 0 Å². The Balaban J connectivity index is 1.81. The van der Waals surface area contributed by atoms with Crippen molar-refractivity contribution in [2.45, 2.75) is 64.2 Å². The SMILES string of the molecule is C=CCCCCc1ccc(N(c2ccc(CCCS)cc2)c2ccc(CCCCC=C)cc2)cc1. The van der Waals surface area contributed by atoms with Gasteiger partial charge in [-0.3, -0.25) is 0 Å². The van der Waals surface area contributed by atoms with E-state index in [2.05, 4.69) is 103 Å². The first-order valence-electron chi connectivity index (χ1n) is 13.1. The van der Waals surface area contributed by atoms with E-state index < -0.39 is 0 Å². The summed E-state index contributed by atoms with van der Waals surface area (Å²) in [5.41, 5.74) is 7.75. The quantitative estimate of drug-likeness (QED) is 0.120. The van der Waals surface area contributed by atoms with Gasteiger partial charge in [0.2, 0.25) is 0 Å². The van der Waals surface area contributed by atoms with Gasteiger partial charge in [-0.1, -0.05) is 48.6 Å². The summed E-state index contributed by atoms with van der Waals surface area (Å²) in [4.78, 5) is 2.37. The maximum atomic E-state index is 4.36. The third-order valence-electron chi connectivity index (χ3n) is 6.45. The molecule has 0 aliphatic heterocycles. The molecular formula is C33H41NS. The molecular weight excluding hydrogens is 442 g/mol. The van der Waals surface area contributed by atoms with Crippen LogP contribution in [0, 0.1) is 0 Å². The number of anilines is 3. The van der Waals surface area contributed by atoms with Crippen molar-refractivity contribution in [3.05, 3.63) is 115 Å². The normalized spacial score (nSPS) is 10.8. The van der Waals surface area contributed by atoms with Crippen LogP contribution in [0.4, 0.5) is 17.1 Å². The molecule has 0 heterocycles. The van der Waals surface area contributed by atoms with E-state index in [0.717, 1.165) is 44.3 Å². The highest BCUT2D eigenvalue weighted by atomic mass is 32.1. The van der Waals surface area contributed by atoms with E-state index in [1.54, 1.807) is 0 Å². The molecule has 0 radical (unpaired) electrons. The van der Waals surface area contributed by atoms with Crippen molar-refractivity contribution in [2.75, 3.05) is 10.7 Å². The third-order valence-corrected chi connectivity index (χ3v) is 6.77. The maximum absolute atomic E-state index is 4.36. The lowest BCUT2D eigenvalue weighted by Gasteiger charge is -2.26. The average Bonchev–Trinajstić information content (AvgIpc) is 2.90. The molecule has 3 aromatic rings. The van der Waals surface area contributed by atoms with Gasteiger partial charge < -0.3 is 4.90 Å². The van der Waals surface area contributed by atoms with Crippen LogP contribution >= 0.6 is 12.6 Å². The summed E-state index contributed by atoms with van der Waals surface area (Å²) < 4.78 is 0. The first-order chi connectivity index (χ1) is 17.2. The van der Waals surface area contributed by atoms with Crippen LogP contribution in [0.15, 0.2) is 98.1 Å². The molecule has 0 saturated heterocycles. The number of rotatable bonds is 16. The molecule has 0 bridgehead atoms. The van der Waals surface area contributed by atoms with Gasteiger partial charge in [-0.15, -0.1) is 13.2 Å². The predicted molar refractivity (Wildman–Crippen MR) is 159 cm³/mol. The Hall–Kier alpha value is -2.71. The lowest BCUT2D eigenvalue weighted by molar-refractivity contribution is 0.748. The fourth-order valence-corrected chi connectivity index (χ4v) is 4.56. The van der Waals surface area contributed by atoms with Gasteiger partial charge in [0.15, 0.2) is 0 Å². The molecule has 3 rings (SSSR count). The Labute approximate surface area is 219 Å². The molecule has 3 aromatic carbocycles. The molecule has 0 fully saturated rings. The van der Waals surface area contributed by atoms with Gasteiger partial charge in [0.1, 0.15) is 0 Å². The molecule has 0 atom stereocenters. The molecule has 0 unspecified atom stereocenters. The largest absolute Gasteiger partial charge is 0.311 e. The minimum atomic E-state index is 0.924. The van der Waals surface area contributed by atoms with Crippen molar-refractivity contribution < 1.29 is 0 Å². The number of allylic oxidation sites excluding steroid dienone is 2. The van der Waals surface area contributed by atoms with Gasteiger partial charge in [-0.25, -0.2) is 0 Å². The van der Waals surface area contributed by atoms with Crippen molar-refractivity contribution >= 4 is 29.7 Å². The van der Waals surface area contributed by atoms with Gasteiger partial charge in [0, 0.05) is 17.1 Å². The fraction of sp³-hybridized carbons (Fsp3) is 0.333. The summed E-state index contributed by atoms with van der Waals surface area (Å²) in [5.74, 6) is 0.924. The Kier molecular flexibility index (Phi) is 11.8. The van der Waals surface area contributed by atoms with Gasteiger partial charge >= 0.3 is 0 Å². The number of nitrogens with zero attached hydrogens (tertiary/aromatic N) is 1. The summed E-state index contributed by atoms with van der Waals surface area (Å²) in [7, 11) is 0. The van der Waals surface area contributed by atoms with Crippen molar-refractivity contribution in [1.29, 1.82) is 0 Å². The molecule has 0 N–H and O–H groups in total. The van der Waals surface area contributed by atoms with Crippen LogP contribution in [0.5, 0.6) is 0 Å². The lowest BCUT2D eigenvalue weighted by Crippen LogP contribution is -2.10. The van der Waals surface area contributed by atoms with Crippen LogP contribution in [-0.2, 0) is 19.3 Å². The monoisotopic (exact) mass is 483 g/mol. The molecule has 0 aliphatic carbocycles. The van der Waals surface area contributed by atoms with Crippen molar-refractivity contribution in [3.63, 3.8) is 0 Å². The van der Waals surface area contributed by atoms with Crippen LogP contribution in [0.2, 0.25) is 0 Å². The minimum Gasteiger partial charge on any atom is -0.311 e. The fourth-order valence-electron chi connectivity index (χ4n) is 4.40. The first-order valence-corrected chi connectivity index (χ1v) is 13.8. The Bertz CT molecular complexity index is 943. The van der Waals surface area contributed by atoms with E-state index in [1.165, 1.54) is 59.4 Å². The van der Waals surface area contributed by atoms with Crippen LogP contribution in [-0.4, -0.2) is 5.75 Å². The Morgan fingerprint density at radius 3 is 1.17 bits per heavy atom. The van der Waals surface area contributed by atoms with Crippen molar-refractivity contribution in [3.8, 4) is 0 Å². The zero-order chi connectivity index (χ0) is 24.7. The van der Waals surface area contributed by atoms with E-state index in [4.69, 9.17) is 0 Å². The smallest absolute Gasteiger partial charge is 0.0461 e. The molecule has 0 spiro atoms. The van der Waals surface area contributed by atoms with E-state index in [1.807, 2.05) is 12.2 Å². The second-order valence-corrected chi connectivity index (χ2v) is 9.68. The van der Waals surface area contributed by atoms with Gasteiger partial charge in [-0.2, -0.15) is 12.6 Å². The second kappa shape index (κ2) is 15.3. The predicted octanol–water partition coefficient (Wildman–Crippen LogP) is 9.82. The standard InChI is InChI=1S/C33H41NS/c1-3-5-7-9-12-28-15-21-31(22-16-28)34(33-25-19-30(20-26-33)14-11-27-35)32-23-17-29(18-24-32)13-10-8-6-4-2/h3-4,15-26,35H,1-2,5-14,27H2. The van der Waals surface area contributed by atoms with Crippen LogP contribution in [0.25, 0.3) is 0 Å². The zero-order valence-corrected chi connectivity index (χ0v) is 22.1. The Morgan fingerprint density at radius 1 is 0.514 bits per heavy atom. The summed E-state index contributed by atoms with van der Waals surface area (Å²) in [5, 5.41) is 0. The molecule has 184 valence electrons. The van der Waals surface area contributed by atoms with E-state index in [-0.39, 0.29) is 0 Å². The van der Waals surface area contributed by atoms with E-state index >= 15 is 0 Å². The molecule has 0 aromatic heterocycles. The number of thiol groups is 1. The van der Waals surface area contributed by atoms with E-state index in [9.17, 15) is 0 Å². The number of benzene rings is 3. The van der Waals surface area contributed by atoms with Crippen molar-refractivity contribution in [2.24, 2.45) is 0 Å². The summed E-state index contributed by atoms with van der Waals surface area (Å²) >= 11 is 4.36. The molecule has 0 amide bonds. The number of aryl methyl sites for hydroxylation is 3. The zero-order valence-electron chi connectivity index (χ0n) is 21.2. The first kappa shape index (κ1) is 26.9. The molecule has 2 heteroatoms. The van der Waals surface area contributed by atoms with Crippen LogP contribution in [0.1, 0.15) is 61.6 Å². The summed E-state index contributed by atoms with van der Waals surface area (Å²) in [6.07, 6.45) is 15.5. The molecule has 0 aliphatic rings. The summed E-state index contributed by atoms with van der Waals surface area (Å²) in [6, 6.07) is 27.2. The van der Waals surface area contributed by atoms with Crippen LogP contribution in [0.3, 0.4) is 0 Å². The van der Waals surface area contributed by atoms with Gasteiger partial charge in [-0.05, 0) is 123 Å². The molecule has 1 nitrogen and oxygen atoms in total. The van der Waals surface area contributed by atoms with Gasteiger partial charge in [0.05, 0.1) is 0 Å². The number of unbranched alkanes of at least 4 members (excludes halogenated alkanes) is 4. The second-order valence-electron chi connectivity index (χ2n) is 9.23.